The Bertz CT molecular complexity index is 337. The van der Waals surface area contributed by atoms with Gasteiger partial charge < -0.3 is 10.2 Å². The van der Waals surface area contributed by atoms with Crippen LogP contribution in [-0.4, -0.2) is 25.7 Å². The van der Waals surface area contributed by atoms with Gasteiger partial charge >= 0.3 is 0 Å². The molecule has 2 nitrogen and oxygen atoms in total. The lowest BCUT2D eigenvalue weighted by Gasteiger charge is -2.26. The summed E-state index contributed by atoms with van der Waals surface area (Å²) in [7, 11) is 0. The van der Waals surface area contributed by atoms with Crippen molar-refractivity contribution in [1.29, 1.82) is 0 Å². The van der Waals surface area contributed by atoms with E-state index in [0.717, 1.165) is 19.6 Å². The van der Waals surface area contributed by atoms with Crippen molar-refractivity contribution in [2.24, 2.45) is 0 Å². The third kappa shape index (κ3) is 8.11. The maximum absolute atomic E-state index is 3.68. The summed E-state index contributed by atoms with van der Waals surface area (Å²) in [6.45, 7) is 10.2. The SMILES string of the molecule is CCCCCC(C)NCCN(CCCC)c1ccccc1. The molecule has 21 heavy (non-hydrogen) atoms. The van der Waals surface area contributed by atoms with Crippen LogP contribution in [0.15, 0.2) is 30.3 Å². The Morgan fingerprint density at radius 1 is 0.952 bits per heavy atom. The quantitative estimate of drug-likeness (QED) is 0.553. The van der Waals surface area contributed by atoms with Gasteiger partial charge in [0, 0.05) is 31.4 Å². The van der Waals surface area contributed by atoms with E-state index in [-0.39, 0.29) is 0 Å². The molecule has 0 saturated carbocycles. The Labute approximate surface area is 131 Å². The van der Waals surface area contributed by atoms with E-state index in [0.29, 0.717) is 6.04 Å². The molecular weight excluding hydrogens is 256 g/mol. The summed E-state index contributed by atoms with van der Waals surface area (Å²) in [5.41, 5.74) is 1.35. The molecule has 0 aromatic heterocycles. The monoisotopic (exact) mass is 290 g/mol. The molecule has 0 aliphatic carbocycles. The van der Waals surface area contributed by atoms with Crippen LogP contribution in [0.3, 0.4) is 0 Å². The Kier molecular flexibility index (Phi) is 9.98. The van der Waals surface area contributed by atoms with Crippen molar-refractivity contribution in [3.63, 3.8) is 0 Å². The first kappa shape index (κ1) is 18.0. The zero-order valence-corrected chi connectivity index (χ0v) is 14.3. The molecule has 1 rings (SSSR count). The van der Waals surface area contributed by atoms with Crippen LogP contribution in [0, 0.1) is 0 Å². The predicted molar refractivity (Wildman–Crippen MR) is 95.2 cm³/mol. The van der Waals surface area contributed by atoms with Gasteiger partial charge in [-0.05, 0) is 31.9 Å². The van der Waals surface area contributed by atoms with Crippen molar-refractivity contribution < 1.29 is 0 Å². The maximum atomic E-state index is 3.68. The van der Waals surface area contributed by atoms with Crippen LogP contribution < -0.4 is 10.2 Å². The van der Waals surface area contributed by atoms with E-state index in [1.54, 1.807) is 0 Å². The van der Waals surface area contributed by atoms with Crippen molar-refractivity contribution in [2.75, 3.05) is 24.5 Å². The lowest BCUT2D eigenvalue weighted by Crippen LogP contribution is -2.36. The third-order valence-corrected chi connectivity index (χ3v) is 4.02. The van der Waals surface area contributed by atoms with Gasteiger partial charge in [-0.15, -0.1) is 0 Å². The van der Waals surface area contributed by atoms with Crippen LogP contribution in [0.25, 0.3) is 0 Å². The van der Waals surface area contributed by atoms with Crippen LogP contribution in [0.2, 0.25) is 0 Å². The zero-order chi connectivity index (χ0) is 15.3. The molecule has 0 spiro atoms. The molecule has 0 radical (unpaired) electrons. The van der Waals surface area contributed by atoms with Gasteiger partial charge in [-0.3, -0.25) is 0 Å². The lowest BCUT2D eigenvalue weighted by atomic mass is 10.1. The number of rotatable bonds is 12. The summed E-state index contributed by atoms with van der Waals surface area (Å²) in [6.07, 6.45) is 7.84. The number of nitrogens with zero attached hydrogens (tertiary/aromatic N) is 1. The average Bonchev–Trinajstić information content (AvgIpc) is 2.52. The standard InChI is InChI=1S/C19H34N2/c1-4-6-9-12-18(3)20-15-17-21(16-7-5-2)19-13-10-8-11-14-19/h8,10-11,13-14,18,20H,4-7,9,12,15-17H2,1-3H3. The minimum Gasteiger partial charge on any atom is -0.370 e. The van der Waals surface area contributed by atoms with E-state index in [2.05, 4.69) is 61.3 Å². The molecule has 0 saturated heterocycles. The van der Waals surface area contributed by atoms with E-state index in [1.165, 1.54) is 44.2 Å². The molecule has 2 heteroatoms. The second-order valence-corrected chi connectivity index (χ2v) is 6.03. The minimum absolute atomic E-state index is 0.639. The van der Waals surface area contributed by atoms with Crippen LogP contribution in [0.1, 0.15) is 59.3 Å². The van der Waals surface area contributed by atoms with Crippen molar-refractivity contribution in [3.8, 4) is 0 Å². The van der Waals surface area contributed by atoms with Crippen molar-refractivity contribution in [1.82, 2.24) is 5.32 Å². The predicted octanol–water partition coefficient (Wildman–Crippen LogP) is 4.85. The number of hydrogen-bond acceptors (Lipinski definition) is 2. The summed E-state index contributed by atoms with van der Waals surface area (Å²) in [4.78, 5) is 2.51. The summed E-state index contributed by atoms with van der Waals surface area (Å²) in [5.74, 6) is 0. The highest BCUT2D eigenvalue weighted by molar-refractivity contribution is 5.45. The fourth-order valence-corrected chi connectivity index (χ4v) is 2.61. The summed E-state index contributed by atoms with van der Waals surface area (Å²) in [5, 5.41) is 3.68. The molecule has 0 aliphatic heterocycles. The summed E-state index contributed by atoms with van der Waals surface area (Å²) >= 11 is 0. The molecule has 0 bridgehead atoms. The Hall–Kier alpha value is -1.02. The first-order chi connectivity index (χ1) is 10.3. The average molecular weight is 290 g/mol. The molecule has 0 amide bonds. The van der Waals surface area contributed by atoms with Gasteiger partial charge in [0.05, 0.1) is 0 Å². The Morgan fingerprint density at radius 3 is 2.33 bits per heavy atom. The van der Waals surface area contributed by atoms with E-state index in [9.17, 15) is 0 Å². The Balaban J connectivity index is 2.33. The van der Waals surface area contributed by atoms with Gasteiger partial charge in [0.1, 0.15) is 0 Å². The van der Waals surface area contributed by atoms with E-state index >= 15 is 0 Å². The number of anilines is 1. The molecule has 1 atom stereocenters. The number of hydrogen-bond donors (Lipinski definition) is 1. The first-order valence-corrected chi connectivity index (χ1v) is 8.81. The van der Waals surface area contributed by atoms with E-state index in [4.69, 9.17) is 0 Å². The van der Waals surface area contributed by atoms with Crippen LogP contribution in [0.4, 0.5) is 5.69 Å². The van der Waals surface area contributed by atoms with Crippen LogP contribution in [-0.2, 0) is 0 Å². The molecule has 1 unspecified atom stereocenters. The largest absolute Gasteiger partial charge is 0.370 e. The second-order valence-electron chi connectivity index (χ2n) is 6.03. The molecule has 1 aromatic rings. The number of benzene rings is 1. The highest BCUT2D eigenvalue weighted by Gasteiger charge is 2.06. The molecule has 0 aliphatic rings. The topological polar surface area (TPSA) is 15.3 Å². The van der Waals surface area contributed by atoms with Crippen molar-refractivity contribution >= 4 is 5.69 Å². The molecule has 0 heterocycles. The maximum Gasteiger partial charge on any atom is 0.0366 e. The van der Waals surface area contributed by atoms with Gasteiger partial charge in [0.2, 0.25) is 0 Å². The van der Waals surface area contributed by atoms with Gasteiger partial charge in [-0.25, -0.2) is 0 Å². The lowest BCUT2D eigenvalue weighted by molar-refractivity contribution is 0.488. The van der Waals surface area contributed by atoms with E-state index in [1.807, 2.05) is 0 Å². The van der Waals surface area contributed by atoms with Crippen LogP contribution in [0.5, 0.6) is 0 Å². The molecule has 1 N–H and O–H groups in total. The van der Waals surface area contributed by atoms with Gasteiger partial charge in [0.15, 0.2) is 0 Å². The smallest absolute Gasteiger partial charge is 0.0366 e. The van der Waals surface area contributed by atoms with Gasteiger partial charge in [-0.2, -0.15) is 0 Å². The Morgan fingerprint density at radius 2 is 1.67 bits per heavy atom. The molecule has 120 valence electrons. The number of para-hydroxylation sites is 1. The summed E-state index contributed by atoms with van der Waals surface area (Å²) in [6, 6.07) is 11.4. The first-order valence-electron chi connectivity index (χ1n) is 8.81. The van der Waals surface area contributed by atoms with Crippen molar-refractivity contribution in [3.05, 3.63) is 30.3 Å². The fraction of sp³-hybridized carbons (Fsp3) is 0.684. The van der Waals surface area contributed by atoms with E-state index < -0.39 is 0 Å². The van der Waals surface area contributed by atoms with Crippen molar-refractivity contribution in [2.45, 2.75) is 65.3 Å². The number of unbranched alkanes of at least 4 members (excludes halogenated alkanes) is 3. The summed E-state index contributed by atoms with van der Waals surface area (Å²) < 4.78 is 0. The normalized spacial score (nSPS) is 12.3. The molecule has 0 fully saturated rings. The molecular formula is C19H34N2. The molecule has 1 aromatic carbocycles. The van der Waals surface area contributed by atoms with Crippen LogP contribution >= 0.6 is 0 Å². The second kappa shape index (κ2) is 11.6. The highest BCUT2D eigenvalue weighted by Crippen LogP contribution is 2.13. The van der Waals surface area contributed by atoms with Gasteiger partial charge in [0.25, 0.3) is 0 Å². The minimum atomic E-state index is 0.639. The zero-order valence-electron chi connectivity index (χ0n) is 14.3. The number of nitrogens with one attached hydrogen (secondary N) is 1. The third-order valence-electron chi connectivity index (χ3n) is 4.02. The highest BCUT2D eigenvalue weighted by atomic mass is 15.1. The fourth-order valence-electron chi connectivity index (χ4n) is 2.61. The van der Waals surface area contributed by atoms with Gasteiger partial charge in [-0.1, -0.05) is 57.7 Å².